The van der Waals surface area contributed by atoms with Gasteiger partial charge in [0.25, 0.3) is 0 Å². The Morgan fingerprint density at radius 1 is 1.33 bits per heavy atom. The highest BCUT2D eigenvalue weighted by atomic mass is 79.9. The second-order valence-electron chi connectivity index (χ2n) is 2.43. The quantitative estimate of drug-likeness (QED) is 0.843. The topological polar surface area (TPSA) is 12.0 Å². The van der Waals surface area contributed by atoms with Crippen LogP contribution in [-0.4, -0.2) is 11.9 Å². The Balaban J connectivity index is 0.00000121. The van der Waals surface area contributed by atoms with Gasteiger partial charge in [-0.15, -0.1) is 17.0 Å². The molecule has 0 aliphatic heterocycles. The van der Waals surface area contributed by atoms with Gasteiger partial charge in [0.2, 0.25) is 0 Å². The second kappa shape index (κ2) is 6.49. The molecule has 0 heterocycles. The number of nitrogens with one attached hydrogen (secondary N) is 1. The molecule has 1 aromatic carbocycles. The molecule has 1 nitrogen and oxygen atoms in total. The molecule has 0 fully saturated rings. The van der Waals surface area contributed by atoms with Crippen LogP contribution in [0.15, 0.2) is 24.3 Å². The summed E-state index contributed by atoms with van der Waals surface area (Å²) in [5, 5.41) is 4.30. The molecule has 0 aromatic heterocycles. The van der Waals surface area contributed by atoms with E-state index in [9.17, 15) is 0 Å². The fourth-order valence-corrected chi connectivity index (χ4v) is 1.15. The highest BCUT2D eigenvalue weighted by molar-refractivity contribution is 9.09. The summed E-state index contributed by atoms with van der Waals surface area (Å²) in [4.78, 5) is 0. The zero-order valence-electron chi connectivity index (χ0n) is 7.01. The normalized spacial score (nSPS) is 8.83. The molecule has 1 rings (SSSR count). The van der Waals surface area contributed by atoms with Crippen molar-refractivity contribution in [3.05, 3.63) is 29.8 Å². The van der Waals surface area contributed by atoms with Gasteiger partial charge in [-0.2, -0.15) is 0 Å². The maximum absolute atomic E-state index is 3.37. The number of hydrogen-bond acceptors (Lipinski definition) is 1. The van der Waals surface area contributed by atoms with Crippen LogP contribution in [0.4, 0.5) is 5.69 Å². The maximum atomic E-state index is 3.37. The molecule has 12 heavy (non-hydrogen) atoms. The van der Waals surface area contributed by atoms with Crippen LogP contribution in [0.25, 0.3) is 0 Å². The van der Waals surface area contributed by atoms with Crippen LogP contribution in [0.2, 0.25) is 0 Å². The predicted molar refractivity (Wildman–Crippen MR) is 63.8 cm³/mol. The van der Waals surface area contributed by atoms with E-state index in [2.05, 4.69) is 46.4 Å². The molecule has 3 heteroatoms. The first kappa shape index (κ1) is 12.0. The number of para-hydroxylation sites is 1. The van der Waals surface area contributed by atoms with Gasteiger partial charge < -0.3 is 5.32 Å². The number of hydrogen-bond donors (Lipinski definition) is 1. The van der Waals surface area contributed by atoms with Crippen LogP contribution in [-0.2, 0) is 0 Å². The molecule has 0 spiro atoms. The molecule has 0 atom stereocenters. The van der Waals surface area contributed by atoms with Crippen molar-refractivity contribution < 1.29 is 0 Å². The van der Waals surface area contributed by atoms with E-state index in [0.29, 0.717) is 0 Å². The SMILES string of the molecule is Br.Cc1ccccc1NCCBr. The first-order chi connectivity index (χ1) is 5.34. The van der Waals surface area contributed by atoms with Gasteiger partial charge in [0.1, 0.15) is 0 Å². The van der Waals surface area contributed by atoms with Crippen molar-refractivity contribution >= 4 is 38.6 Å². The number of benzene rings is 1. The first-order valence-corrected chi connectivity index (χ1v) is 4.82. The smallest absolute Gasteiger partial charge is 0.0370 e. The molecule has 0 saturated heterocycles. The third-order valence-electron chi connectivity index (χ3n) is 1.56. The monoisotopic (exact) mass is 293 g/mol. The van der Waals surface area contributed by atoms with Crippen LogP contribution >= 0.6 is 32.9 Å². The lowest BCUT2D eigenvalue weighted by Crippen LogP contribution is -2.02. The maximum Gasteiger partial charge on any atom is 0.0370 e. The van der Waals surface area contributed by atoms with Crippen LogP contribution in [0.5, 0.6) is 0 Å². The summed E-state index contributed by atoms with van der Waals surface area (Å²) in [5.41, 5.74) is 2.53. The molecule has 0 aliphatic rings. The number of anilines is 1. The van der Waals surface area contributed by atoms with Crippen LogP contribution in [0, 0.1) is 6.92 Å². The van der Waals surface area contributed by atoms with Gasteiger partial charge in [0.15, 0.2) is 0 Å². The number of aryl methyl sites for hydroxylation is 1. The largest absolute Gasteiger partial charge is 0.384 e. The van der Waals surface area contributed by atoms with Gasteiger partial charge in [0.05, 0.1) is 0 Å². The lowest BCUT2D eigenvalue weighted by atomic mass is 10.2. The van der Waals surface area contributed by atoms with Crippen molar-refractivity contribution in [3.63, 3.8) is 0 Å². The number of halogens is 2. The summed E-state index contributed by atoms with van der Waals surface area (Å²) >= 11 is 3.37. The molecule has 1 N–H and O–H groups in total. The zero-order chi connectivity index (χ0) is 8.10. The Morgan fingerprint density at radius 3 is 2.58 bits per heavy atom. The van der Waals surface area contributed by atoms with Gasteiger partial charge in [-0.25, -0.2) is 0 Å². The Bertz CT molecular complexity index is 226. The van der Waals surface area contributed by atoms with E-state index >= 15 is 0 Å². The Labute approximate surface area is 92.5 Å². The summed E-state index contributed by atoms with van der Waals surface area (Å²) in [5.74, 6) is 0. The lowest BCUT2D eigenvalue weighted by molar-refractivity contribution is 1.22. The van der Waals surface area contributed by atoms with E-state index in [1.807, 2.05) is 6.07 Å². The average molecular weight is 295 g/mol. The standard InChI is InChI=1S/C9H12BrN.BrH/c1-8-4-2-3-5-9(8)11-7-6-10;/h2-5,11H,6-7H2,1H3;1H. The number of rotatable bonds is 3. The molecule has 68 valence electrons. The molecule has 0 amide bonds. The van der Waals surface area contributed by atoms with Crippen molar-refractivity contribution in [2.75, 3.05) is 17.2 Å². The second-order valence-corrected chi connectivity index (χ2v) is 3.22. The molecule has 1 aromatic rings. The molecule has 0 radical (unpaired) electrons. The van der Waals surface area contributed by atoms with Crippen molar-refractivity contribution in [2.24, 2.45) is 0 Å². The molecule has 0 unspecified atom stereocenters. The molecular weight excluding hydrogens is 282 g/mol. The highest BCUT2D eigenvalue weighted by Crippen LogP contribution is 2.12. The van der Waals surface area contributed by atoms with Gasteiger partial charge in [-0.1, -0.05) is 34.1 Å². The van der Waals surface area contributed by atoms with E-state index in [1.165, 1.54) is 11.3 Å². The van der Waals surface area contributed by atoms with Gasteiger partial charge in [-0.3, -0.25) is 0 Å². The van der Waals surface area contributed by atoms with Crippen LogP contribution in [0.3, 0.4) is 0 Å². The zero-order valence-corrected chi connectivity index (χ0v) is 10.3. The fourth-order valence-electron chi connectivity index (χ4n) is 0.953. The molecule has 0 aliphatic carbocycles. The van der Waals surface area contributed by atoms with E-state index in [4.69, 9.17) is 0 Å². The molecular formula is C9H13Br2N. The summed E-state index contributed by atoms with van der Waals surface area (Å²) in [7, 11) is 0. The van der Waals surface area contributed by atoms with Crippen molar-refractivity contribution in [2.45, 2.75) is 6.92 Å². The van der Waals surface area contributed by atoms with Crippen molar-refractivity contribution in [1.29, 1.82) is 0 Å². The summed E-state index contributed by atoms with van der Waals surface area (Å²) in [6, 6.07) is 8.30. The van der Waals surface area contributed by atoms with Gasteiger partial charge in [-0.05, 0) is 18.6 Å². The third-order valence-corrected chi connectivity index (χ3v) is 1.95. The Hall–Kier alpha value is -0.0200. The van der Waals surface area contributed by atoms with E-state index in [1.54, 1.807) is 0 Å². The third kappa shape index (κ3) is 3.59. The summed E-state index contributed by atoms with van der Waals surface area (Å²) < 4.78 is 0. The van der Waals surface area contributed by atoms with Gasteiger partial charge in [0, 0.05) is 17.6 Å². The Kier molecular flexibility index (Phi) is 6.48. The van der Waals surface area contributed by atoms with Crippen molar-refractivity contribution in [3.8, 4) is 0 Å². The molecule has 0 saturated carbocycles. The first-order valence-electron chi connectivity index (χ1n) is 3.70. The number of alkyl halides is 1. The highest BCUT2D eigenvalue weighted by Gasteiger charge is 1.92. The molecule has 0 bridgehead atoms. The van der Waals surface area contributed by atoms with Crippen molar-refractivity contribution in [1.82, 2.24) is 0 Å². The lowest BCUT2D eigenvalue weighted by Gasteiger charge is -2.06. The minimum absolute atomic E-state index is 0. The average Bonchev–Trinajstić information content (AvgIpc) is 2.03. The predicted octanol–water partition coefficient (Wildman–Crippen LogP) is 3.38. The van der Waals surface area contributed by atoms with Crippen LogP contribution in [0.1, 0.15) is 5.56 Å². The summed E-state index contributed by atoms with van der Waals surface area (Å²) in [6.07, 6.45) is 0. The Morgan fingerprint density at radius 2 is 2.00 bits per heavy atom. The fraction of sp³-hybridized carbons (Fsp3) is 0.333. The van der Waals surface area contributed by atoms with Gasteiger partial charge >= 0.3 is 0 Å². The van der Waals surface area contributed by atoms with E-state index in [-0.39, 0.29) is 17.0 Å². The summed E-state index contributed by atoms with van der Waals surface area (Å²) in [6.45, 7) is 3.08. The van der Waals surface area contributed by atoms with E-state index in [0.717, 1.165) is 11.9 Å². The minimum atomic E-state index is 0. The minimum Gasteiger partial charge on any atom is -0.384 e. The van der Waals surface area contributed by atoms with Crippen LogP contribution < -0.4 is 5.32 Å². The van der Waals surface area contributed by atoms with E-state index < -0.39 is 0 Å².